The summed E-state index contributed by atoms with van der Waals surface area (Å²) in [5, 5.41) is 9.65. The number of rotatable bonds is 6. The van der Waals surface area contributed by atoms with Crippen molar-refractivity contribution in [2.45, 2.75) is 26.8 Å². The molecule has 0 spiro atoms. The maximum absolute atomic E-state index is 12.1. The van der Waals surface area contributed by atoms with Gasteiger partial charge in [0.05, 0.1) is 28.0 Å². The molecule has 8 heteroatoms. The smallest absolute Gasteiger partial charge is 0.226 e. The molecule has 0 atom stereocenters. The van der Waals surface area contributed by atoms with Crippen molar-refractivity contribution in [2.24, 2.45) is 4.99 Å². The van der Waals surface area contributed by atoms with E-state index in [2.05, 4.69) is 20.6 Å². The molecule has 6 nitrogen and oxygen atoms in total. The van der Waals surface area contributed by atoms with Crippen LogP contribution in [0.1, 0.15) is 22.7 Å². The van der Waals surface area contributed by atoms with E-state index in [1.807, 2.05) is 49.4 Å². The van der Waals surface area contributed by atoms with Crippen molar-refractivity contribution in [1.29, 1.82) is 0 Å². The fourth-order valence-electron chi connectivity index (χ4n) is 2.41. The predicted molar refractivity (Wildman–Crippen MR) is 109 cm³/mol. The number of hydrogen-bond donors (Lipinski definition) is 2. The Morgan fingerprint density at radius 1 is 1.38 bits per heavy atom. The Bertz CT molecular complexity index is 790. The first-order valence-corrected chi connectivity index (χ1v) is 9.53. The van der Waals surface area contributed by atoms with Gasteiger partial charge in [-0.15, -0.1) is 11.3 Å². The Morgan fingerprint density at radius 3 is 2.77 bits per heavy atom. The van der Waals surface area contributed by atoms with Gasteiger partial charge in [0.25, 0.3) is 0 Å². The Balaban J connectivity index is 1.80. The Hall–Kier alpha value is -2.12. The van der Waals surface area contributed by atoms with Crippen LogP contribution in [0.25, 0.3) is 0 Å². The van der Waals surface area contributed by atoms with Crippen molar-refractivity contribution in [3.8, 4) is 0 Å². The van der Waals surface area contributed by atoms with E-state index >= 15 is 0 Å². The van der Waals surface area contributed by atoms with Crippen LogP contribution in [0, 0.1) is 13.8 Å². The number of aliphatic imine (C=N–C) groups is 1. The first-order valence-electron chi connectivity index (χ1n) is 8.28. The van der Waals surface area contributed by atoms with Gasteiger partial charge in [0.15, 0.2) is 5.96 Å². The normalized spacial score (nSPS) is 11.3. The maximum atomic E-state index is 12.1. The van der Waals surface area contributed by atoms with E-state index in [-0.39, 0.29) is 5.91 Å². The number of benzene rings is 1. The molecule has 1 amide bonds. The first kappa shape index (κ1) is 20.2. The molecule has 0 bridgehead atoms. The molecule has 1 aromatic carbocycles. The summed E-state index contributed by atoms with van der Waals surface area (Å²) in [6.07, 6.45) is 0.312. The van der Waals surface area contributed by atoms with E-state index in [9.17, 15) is 4.79 Å². The van der Waals surface area contributed by atoms with Gasteiger partial charge in [-0.2, -0.15) is 0 Å². The van der Waals surface area contributed by atoms with Crippen LogP contribution < -0.4 is 10.6 Å². The van der Waals surface area contributed by atoms with Crippen LogP contribution in [0.3, 0.4) is 0 Å². The summed E-state index contributed by atoms with van der Waals surface area (Å²) in [4.78, 5) is 22.8. The third kappa shape index (κ3) is 6.00. The van der Waals surface area contributed by atoms with Gasteiger partial charge in [0, 0.05) is 32.4 Å². The zero-order valence-corrected chi connectivity index (χ0v) is 17.0. The number of aryl methyl sites for hydroxylation is 2. The summed E-state index contributed by atoms with van der Waals surface area (Å²) >= 11 is 7.77. The molecule has 2 rings (SSSR count). The predicted octanol–water partition coefficient (Wildman–Crippen LogP) is 3.45. The molecule has 0 aliphatic heterocycles. The van der Waals surface area contributed by atoms with Gasteiger partial charge in [-0.1, -0.05) is 17.7 Å². The Kier molecular flexibility index (Phi) is 7.41. The average molecular weight is 394 g/mol. The molecular formula is C18H24ClN5OS. The van der Waals surface area contributed by atoms with E-state index in [0.717, 1.165) is 22.2 Å². The van der Waals surface area contributed by atoms with Gasteiger partial charge in [-0.05, 0) is 31.5 Å². The monoisotopic (exact) mass is 393 g/mol. The average Bonchev–Trinajstić information content (AvgIpc) is 2.99. The third-order valence-corrected chi connectivity index (χ3v) is 4.81. The second-order valence-electron chi connectivity index (χ2n) is 5.97. The van der Waals surface area contributed by atoms with Crippen LogP contribution in [-0.4, -0.2) is 42.4 Å². The number of guanidine groups is 1. The Labute approximate surface area is 163 Å². The number of hydrogen-bond acceptors (Lipinski definition) is 4. The number of nitrogens with one attached hydrogen (secondary N) is 2. The molecule has 0 aliphatic carbocycles. The maximum Gasteiger partial charge on any atom is 0.226 e. The van der Waals surface area contributed by atoms with Crippen molar-refractivity contribution in [3.63, 3.8) is 0 Å². The molecule has 26 heavy (non-hydrogen) atoms. The molecule has 0 saturated carbocycles. The van der Waals surface area contributed by atoms with Gasteiger partial charge in [0.1, 0.15) is 0 Å². The second-order valence-corrected chi connectivity index (χ2v) is 7.44. The van der Waals surface area contributed by atoms with Gasteiger partial charge in [-0.3, -0.25) is 9.79 Å². The van der Waals surface area contributed by atoms with Gasteiger partial charge in [-0.25, -0.2) is 4.98 Å². The SMILES string of the molecule is CN=C(NCCC(=O)Nc1ccc(C)cc1Cl)N(C)Cc1csc(C)n1. The van der Waals surface area contributed by atoms with Crippen LogP contribution >= 0.6 is 22.9 Å². The van der Waals surface area contributed by atoms with E-state index in [4.69, 9.17) is 11.6 Å². The van der Waals surface area contributed by atoms with Gasteiger partial charge < -0.3 is 15.5 Å². The summed E-state index contributed by atoms with van der Waals surface area (Å²) in [6, 6.07) is 5.55. The van der Waals surface area contributed by atoms with Crippen molar-refractivity contribution in [2.75, 3.05) is 26.0 Å². The molecule has 0 fully saturated rings. The molecule has 140 valence electrons. The van der Waals surface area contributed by atoms with Crippen molar-refractivity contribution in [1.82, 2.24) is 15.2 Å². The lowest BCUT2D eigenvalue weighted by atomic mass is 10.2. The third-order valence-electron chi connectivity index (χ3n) is 3.67. The van der Waals surface area contributed by atoms with Crippen LogP contribution in [-0.2, 0) is 11.3 Å². The first-order chi connectivity index (χ1) is 12.4. The van der Waals surface area contributed by atoms with Crippen LogP contribution in [0.5, 0.6) is 0 Å². The zero-order chi connectivity index (χ0) is 19.1. The minimum absolute atomic E-state index is 0.100. The van der Waals surface area contributed by atoms with E-state index in [1.165, 1.54) is 0 Å². The summed E-state index contributed by atoms with van der Waals surface area (Å²) in [5.74, 6) is 0.619. The van der Waals surface area contributed by atoms with Crippen molar-refractivity contribution in [3.05, 3.63) is 44.9 Å². The molecule has 0 radical (unpaired) electrons. The molecule has 1 aromatic heterocycles. The van der Waals surface area contributed by atoms with Gasteiger partial charge >= 0.3 is 0 Å². The number of anilines is 1. The molecule has 0 unspecified atom stereocenters. The summed E-state index contributed by atoms with van der Waals surface area (Å²) in [7, 11) is 3.66. The van der Waals surface area contributed by atoms with E-state index in [1.54, 1.807) is 18.4 Å². The van der Waals surface area contributed by atoms with Crippen LogP contribution in [0.4, 0.5) is 5.69 Å². The molecule has 0 saturated heterocycles. The standard InChI is InChI=1S/C18H24ClN5OS/c1-12-5-6-16(15(19)9-12)23-17(25)7-8-21-18(20-3)24(4)10-14-11-26-13(2)22-14/h5-6,9,11H,7-8,10H2,1-4H3,(H,20,21)(H,23,25). The minimum Gasteiger partial charge on any atom is -0.356 e. The van der Waals surface area contributed by atoms with E-state index < -0.39 is 0 Å². The van der Waals surface area contributed by atoms with Gasteiger partial charge in [0.2, 0.25) is 5.91 Å². The molecule has 2 aromatic rings. The summed E-state index contributed by atoms with van der Waals surface area (Å²) in [5.41, 5.74) is 2.68. The topological polar surface area (TPSA) is 69.6 Å². The molecule has 0 aliphatic rings. The highest BCUT2D eigenvalue weighted by Gasteiger charge is 2.10. The summed E-state index contributed by atoms with van der Waals surface area (Å²) < 4.78 is 0. The number of amides is 1. The highest BCUT2D eigenvalue weighted by atomic mass is 35.5. The summed E-state index contributed by atoms with van der Waals surface area (Å²) in [6.45, 7) is 5.08. The number of carbonyl (C=O) groups is 1. The fourth-order valence-corrected chi connectivity index (χ4v) is 3.29. The number of aromatic nitrogens is 1. The molecular weight excluding hydrogens is 370 g/mol. The quantitative estimate of drug-likeness (QED) is 0.582. The van der Waals surface area contributed by atoms with E-state index in [0.29, 0.717) is 30.2 Å². The lowest BCUT2D eigenvalue weighted by Crippen LogP contribution is -2.39. The molecule has 1 heterocycles. The lowest BCUT2D eigenvalue weighted by molar-refractivity contribution is -0.116. The number of nitrogens with zero attached hydrogens (tertiary/aromatic N) is 3. The number of carbonyl (C=O) groups excluding carboxylic acids is 1. The Morgan fingerprint density at radius 2 is 2.15 bits per heavy atom. The van der Waals surface area contributed by atoms with Crippen molar-refractivity contribution < 1.29 is 4.79 Å². The fraction of sp³-hybridized carbons (Fsp3) is 0.389. The lowest BCUT2D eigenvalue weighted by Gasteiger charge is -2.21. The van der Waals surface area contributed by atoms with Crippen LogP contribution in [0.15, 0.2) is 28.6 Å². The highest BCUT2D eigenvalue weighted by molar-refractivity contribution is 7.09. The number of halogens is 1. The van der Waals surface area contributed by atoms with Crippen LogP contribution in [0.2, 0.25) is 5.02 Å². The zero-order valence-electron chi connectivity index (χ0n) is 15.5. The molecule has 2 N–H and O–H groups in total. The number of thiazole rings is 1. The highest BCUT2D eigenvalue weighted by Crippen LogP contribution is 2.22. The largest absolute Gasteiger partial charge is 0.356 e. The second kappa shape index (κ2) is 9.54. The minimum atomic E-state index is -0.100. The van der Waals surface area contributed by atoms with Crippen molar-refractivity contribution >= 4 is 40.5 Å².